The molecular weight excluding hydrogens is 430 g/mol. The Morgan fingerprint density at radius 3 is 2.67 bits per heavy atom. The number of carbonyl (C=O) groups excluding carboxylic acids is 1. The quantitative estimate of drug-likeness (QED) is 0.268. The lowest BCUT2D eigenvalue weighted by atomic mass is 10.2. The lowest BCUT2D eigenvalue weighted by Crippen LogP contribution is -2.23. The summed E-state index contributed by atoms with van der Waals surface area (Å²) in [4.78, 5) is 17.7. The Balaban J connectivity index is 1.27. The van der Waals surface area contributed by atoms with Crippen LogP contribution in [0.25, 0.3) is 11.0 Å². The number of benzene rings is 2. The fourth-order valence-corrected chi connectivity index (χ4v) is 4.56. The third kappa shape index (κ3) is 6.23. The van der Waals surface area contributed by atoms with Crippen molar-refractivity contribution in [1.82, 2.24) is 14.9 Å². The minimum atomic E-state index is 0.0242. The number of hydrogen-bond acceptors (Lipinski definition) is 4. The Morgan fingerprint density at radius 2 is 1.88 bits per heavy atom. The number of aryl methyl sites for hydroxylation is 2. The van der Waals surface area contributed by atoms with Gasteiger partial charge in [-0.1, -0.05) is 43.7 Å². The van der Waals surface area contributed by atoms with Gasteiger partial charge < -0.3 is 14.6 Å². The highest BCUT2D eigenvalue weighted by Crippen LogP contribution is 2.19. The summed E-state index contributed by atoms with van der Waals surface area (Å²) in [7, 11) is 0. The maximum atomic E-state index is 12.0. The van der Waals surface area contributed by atoms with E-state index in [4.69, 9.17) is 9.72 Å². The Morgan fingerprint density at radius 1 is 1.03 bits per heavy atom. The van der Waals surface area contributed by atoms with E-state index in [1.165, 1.54) is 16.9 Å². The van der Waals surface area contributed by atoms with Crippen LogP contribution in [0.5, 0.6) is 5.75 Å². The number of para-hydroxylation sites is 2. The topological polar surface area (TPSA) is 56.1 Å². The van der Waals surface area contributed by atoms with Crippen molar-refractivity contribution in [3.05, 3.63) is 82.3 Å². The molecule has 2 aromatic heterocycles. The number of rotatable bonds is 12. The van der Waals surface area contributed by atoms with Crippen LogP contribution >= 0.6 is 11.3 Å². The molecule has 4 rings (SSSR count). The number of aromatic nitrogens is 2. The average Bonchev–Trinajstić information content (AvgIpc) is 3.50. The molecule has 0 atom stereocenters. The molecule has 0 radical (unpaired) electrons. The molecular formula is C27H31N3O2S. The highest BCUT2D eigenvalue weighted by atomic mass is 32.1. The lowest BCUT2D eigenvalue weighted by molar-refractivity contribution is 0.0957. The van der Waals surface area contributed by atoms with Gasteiger partial charge in [-0.15, -0.1) is 11.3 Å². The molecule has 2 heterocycles. The number of amides is 1. The smallest absolute Gasteiger partial charge is 0.261 e. The van der Waals surface area contributed by atoms with Crippen LogP contribution in [0.1, 0.15) is 47.2 Å². The second-order valence-electron chi connectivity index (χ2n) is 8.06. The van der Waals surface area contributed by atoms with Gasteiger partial charge in [0, 0.05) is 13.0 Å². The summed E-state index contributed by atoms with van der Waals surface area (Å²) in [5.74, 6) is 2.03. The number of hydrogen-bond donors (Lipinski definition) is 1. The first-order valence-electron chi connectivity index (χ1n) is 11.7. The number of nitrogens with zero attached hydrogens (tertiary/aromatic N) is 2. The second kappa shape index (κ2) is 11.7. The van der Waals surface area contributed by atoms with Gasteiger partial charge in [0.25, 0.3) is 5.91 Å². The van der Waals surface area contributed by atoms with Crippen LogP contribution in [0, 0.1) is 0 Å². The van der Waals surface area contributed by atoms with Gasteiger partial charge in [-0.25, -0.2) is 4.98 Å². The minimum Gasteiger partial charge on any atom is -0.492 e. The van der Waals surface area contributed by atoms with Gasteiger partial charge in [0.1, 0.15) is 18.2 Å². The Kier molecular flexibility index (Phi) is 8.14. The third-order valence-corrected chi connectivity index (χ3v) is 6.63. The fraction of sp³-hybridized carbons (Fsp3) is 0.333. The first-order valence-corrected chi connectivity index (χ1v) is 12.6. The minimum absolute atomic E-state index is 0.0242. The molecule has 0 spiro atoms. The summed E-state index contributed by atoms with van der Waals surface area (Å²) in [5.41, 5.74) is 3.50. The molecule has 0 aliphatic rings. The standard InChI is InChI=1S/C27H31N3O2S/c1-2-21-13-15-22(16-14-21)32-19-18-30-24-10-6-5-9-23(24)29-26(30)12-4-3-7-17-28-27(31)25-11-8-20-33-25/h5-6,8-11,13-16,20H,2-4,7,12,17-19H2,1H3,(H,28,31). The molecule has 33 heavy (non-hydrogen) atoms. The van der Waals surface area contributed by atoms with Crippen molar-refractivity contribution in [2.75, 3.05) is 13.2 Å². The van der Waals surface area contributed by atoms with Crippen molar-refractivity contribution in [1.29, 1.82) is 0 Å². The molecule has 2 aromatic carbocycles. The summed E-state index contributed by atoms with van der Waals surface area (Å²) >= 11 is 1.47. The molecule has 1 amide bonds. The van der Waals surface area contributed by atoms with E-state index in [0.29, 0.717) is 13.2 Å². The molecule has 172 valence electrons. The molecule has 0 saturated carbocycles. The number of unbranched alkanes of at least 4 members (excludes halogenated alkanes) is 2. The molecule has 4 aromatic rings. The highest BCUT2D eigenvalue weighted by Gasteiger charge is 2.11. The molecule has 0 aliphatic carbocycles. The van der Waals surface area contributed by atoms with Gasteiger partial charge in [0.2, 0.25) is 0 Å². The molecule has 0 aliphatic heterocycles. The average molecular weight is 462 g/mol. The fourth-order valence-electron chi connectivity index (χ4n) is 3.92. The van der Waals surface area contributed by atoms with Crippen molar-refractivity contribution in [2.45, 2.75) is 45.6 Å². The zero-order valence-corrected chi connectivity index (χ0v) is 19.9. The number of thiophene rings is 1. The molecule has 0 saturated heterocycles. The Hall–Kier alpha value is -3.12. The van der Waals surface area contributed by atoms with E-state index in [1.54, 1.807) is 0 Å². The van der Waals surface area contributed by atoms with Crippen molar-refractivity contribution in [3.8, 4) is 5.75 Å². The normalized spacial score (nSPS) is 11.1. The van der Waals surface area contributed by atoms with E-state index in [-0.39, 0.29) is 5.91 Å². The van der Waals surface area contributed by atoms with Crippen LogP contribution < -0.4 is 10.1 Å². The van der Waals surface area contributed by atoms with Gasteiger partial charge in [-0.05, 0) is 60.5 Å². The third-order valence-electron chi connectivity index (χ3n) is 5.76. The molecule has 5 nitrogen and oxygen atoms in total. The van der Waals surface area contributed by atoms with E-state index >= 15 is 0 Å². The number of carbonyl (C=O) groups is 1. The molecule has 6 heteroatoms. The maximum Gasteiger partial charge on any atom is 0.261 e. The van der Waals surface area contributed by atoms with Gasteiger partial charge in [0.05, 0.1) is 22.5 Å². The largest absolute Gasteiger partial charge is 0.492 e. The van der Waals surface area contributed by atoms with Crippen molar-refractivity contribution in [3.63, 3.8) is 0 Å². The van der Waals surface area contributed by atoms with Gasteiger partial charge in [-0.3, -0.25) is 4.79 Å². The van der Waals surface area contributed by atoms with Gasteiger partial charge >= 0.3 is 0 Å². The first kappa shape index (κ1) is 23.1. The number of ether oxygens (including phenoxy) is 1. The number of nitrogens with one attached hydrogen (secondary N) is 1. The maximum absolute atomic E-state index is 12.0. The predicted octanol–water partition coefficient (Wildman–Crippen LogP) is 5.88. The zero-order chi connectivity index (χ0) is 22.9. The SMILES string of the molecule is CCc1ccc(OCCn2c(CCCCCNC(=O)c3cccs3)nc3ccccc32)cc1. The first-order chi connectivity index (χ1) is 16.2. The summed E-state index contributed by atoms with van der Waals surface area (Å²) in [5, 5.41) is 4.93. The molecule has 0 unspecified atom stereocenters. The van der Waals surface area contributed by atoms with Crippen molar-refractivity contribution >= 4 is 28.3 Å². The molecule has 1 N–H and O–H groups in total. The Bertz CT molecular complexity index is 1150. The van der Waals surface area contributed by atoms with Crippen LogP contribution in [0.15, 0.2) is 66.0 Å². The predicted molar refractivity (Wildman–Crippen MR) is 135 cm³/mol. The summed E-state index contributed by atoms with van der Waals surface area (Å²) in [6, 6.07) is 20.4. The van der Waals surface area contributed by atoms with Crippen molar-refractivity contribution in [2.24, 2.45) is 0 Å². The lowest BCUT2D eigenvalue weighted by Gasteiger charge is -2.11. The summed E-state index contributed by atoms with van der Waals surface area (Å²) in [6.07, 6.45) is 5.00. The summed E-state index contributed by atoms with van der Waals surface area (Å²) in [6.45, 7) is 4.23. The van der Waals surface area contributed by atoms with Crippen LogP contribution in [-0.2, 0) is 19.4 Å². The van der Waals surface area contributed by atoms with E-state index in [9.17, 15) is 4.79 Å². The van der Waals surface area contributed by atoms with Crippen LogP contribution in [0.3, 0.4) is 0 Å². The summed E-state index contributed by atoms with van der Waals surface area (Å²) < 4.78 is 8.29. The Labute approximate surface area is 199 Å². The van der Waals surface area contributed by atoms with E-state index in [0.717, 1.165) is 66.1 Å². The van der Waals surface area contributed by atoms with E-state index in [2.05, 4.69) is 47.1 Å². The highest BCUT2D eigenvalue weighted by molar-refractivity contribution is 7.12. The zero-order valence-electron chi connectivity index (χ0n) is 19.1. The monoisotopic (exact) mass is 461 g/mol. The van der Waals surface area contributed by atoms with Gasteiger partial charge in [0.15, 0.2) is 0 Å². The van der Waals surface area contributed by atoms with Crippen molar-refractivity contribution < 1.29 is 9.53 Å². The number of fused-ring (bicyclic) bond motifs is 1. The van der Waals surface area contributed by atoms with Crippen LogP contribution in [0.4, 0.5) is 0 Å². The van der Waals surface area contributed by atoms with E-state index < -0.39 is 0 Å². The molecule has 0 bridgehead atoms. The van der Waals surface area contributed by atoms with E-state index in [1.807, 2.05) is 35.7 Å². The van der Waals surface area contributed by atoms with Crippen LogP contribution in [-0.4, -0.2) is 28.6 Å². The van der Waals surface area contributed by atoms with Gasteiger partial charge in [-0.2, -0.15) is 0 Å². The number of imidazole rings is 1. The van der Waals surface area contributed by atoms with Crippen LogP contribution in [0.2, 0.25) is 0 Å². The molecule has 0 fully saturated rings. The second-order valence-corrected chi connectivity index (χ2v) is 9.01.